The summed E-state index contributed by atoms with van der Waals surface area (Å²) in [5.74, 6) is 1.29. The minimum atomic E-state index is -1.00. The molecule has 1 aliphatic rings. The molecule has 15 heteroatoms. The third-order valence-corrected chi connectivity index (χ3v) is 5.25. The number of carbonyl (C=O) groups excluding carboxylic acids is 2. The molecule has 2 aromatic rings. The number of hydrogen-bond donors (Lipinski definition) is 2. The van der Waals surface area contributed by atoms with E-state index in [-0.39, 0.29) is 74.8 Å². The number of rotatable bonds is 9. The van der Waals surface area contributed by atoms with E-state index >= 15 is 0 Å². The Morgan fingerprint density at radius 1 is 1.25 bits per heavy atom. The van der Waals surface area contributed by atoms with Crippen LogP contribution in [0.25, 0.3) is 0 Å². The molecule has 2 N–H and O–H groups in total. The first-order valence-corrected chi connectivity index (χ1v) is 11.3. The average molecular weight is 635 g/mol. The molecule has 0 spiro atoms. The third-order valence-electron chi connectivity index (χ3n) is 5.25. The molecule has 0 bridgehead atoms. The van der Waals surface area contributed by atoms with Gasteiger partial charge in [0, 0.05) is 71.0 Å². The summed E-state index contributed by atoms with van der Waals surface area (Å²) in [5, 5.41) is 30.6. The van der Waals surface area contributed by atoms with Crippen LogP contribution in [-0.2, 0) is 61.4 Å². The van der Waals surface area contributed by atoms with Gasteiger partial charge in [-0.1, -0.05) is 6.07 Å². The predicted octanol–water partition coefficient (Wildman–Crippen LogP) is 3.93. The maximum absolute atomic E-state index is 11.9. The van der Waals surface area contributed by atoms with E-state index in [1.807, 2.05) is 0 Å². The van der Waals surface area contributed by atoms with Crippen molar-refractivity contribution in [3.05, 3.63) is 63.0 Å². The Hall–Kier alpha value is -3.48. The molecule has 1 fully saturated rings. The normalized spacial score (nSPS) is 18.3. The number of benzene rings is 2. The van der Waals surface area contributed by atoms with Crippen molar-refractivity contribution in [2.75, 3.05) is 7.11 Å². The van der Waals surface area contributed by atoms with Gasteiger partial charge >= 0.3 is 11.9 Å². The van der Waals surface area contributed by atoms with Gasteiger partial charge in [-0.05, 0) is 35.0 Å². The molecule has 1 radical (unpaired) electrons. The molecule has 1 saturated heterocycles. The Bertz CT molecular complexity index is 1200. The van der Waals surface area contributed by atoms with E-state index in [9.17, 15) is 24.6 Å². The number of esters is 2. The topological polar surface area (TPSA) is 193 Å². The summed E-state index contributed by atoms with van der Waals surface area (Å²) in [6.07, 6.45) is 2.07. The van der Waals surface area contributed by atoms with Gasteiger partial charge in [0.2, 0.25) is 6.29 Å². The van der Waals surface area contributed by atoms with Crippen molar-refractivity contribution in [1.29, 1.82) is 0 Å². The van der Waals surface area contributed by atoms with E-state index in [0.29, 0.717) is 5.56 Å². The Morgan fingerprint density at radius 3 is 2.45 bits per heavy atom. The molecular weight excluding hydrogens is 609 g/mol. The first-order chi connectivity index (χ1) is 18.6. The van der Waals surface area contributed by atoms with Gasteiger partial charge in [0.1, 0.15) is 23.6 Å². The molecular formula is C25H26N2O12Y. The smallest absolute Gasteiger partial charge is 0.335 e. The number of aromatic hydroxyl groups is 1. The molecule has 211 valence electrons. The minimum absolute atomic E-state index is 0. The maximum atomic E-state index is 11.9. The number of nitro benzene ring substituents is 1. The van der Waals surface area contributed by atoms with Crippen LogP contribution in [0.15, 0.2) is 47.6 Å². The van der Waals surface area contributed by atoms with Crippen LogP contribution in [-0.4, -0.2) is 52.8 Å². The van der Waals surface area contributed by atoms with Crippen LogP contribution in [0.2, 0.25) is 0 Å². The van der Waals surface area contributed by atoms with Crippen LogP contribution in [0.3, 0.4) is 0 Å². The van der Waals surface area contributed by atoms with E-state index in [1.165, 1.54) is 56.5 Å². The Balaban J connectivity index is 0.000000612. The molecule has 40 heavy (non-hydrogen) atoms. The first kappa shape index (κ1) is 34.6. The van der Waals surface area contributed by atoms with Crippen molar-refractivity contribution in [2.45, 2.75) is 50.8 Å². The molecule has 1 aliphatic heterocycles. The van der Waals surface area contributed by atoms with Gasteiger partial charge in [0.05, 0.1) is 12.0 Å². The van der Waals surface area contributed by atoms with Gasteiger partial charge in [0.15, 0.2) is 11.9 Å². The summed E-state index contributed by atoms with van der Waals surface area (Å²) in [4.78, 5) is 48.3. The van der Waals surface area contributed by atoms with E-state index in [4.69, 9.17) is 31.0 Å². The van der Waals surface area contributed by atoms with Crippen LogP contribution < -0.4 is 4.74 Å². The number of nitroso groups, excluding NO2 is 1. The van der Waals surface area contributed by atoms with Crippen molar-refractivity contribution in [3.8, 4) is 23.8 Å². The molecule has 0 amide bonds. The summed E-state index contributed by atoms with van der Waals surface area (Å²) >= 11 is 0. The van der Waals surface area contributed by atoms with Gasteiger partial charge in [-0.15, -0.1) is 17.3 Å². The fraction of sp³-hybridized carbons (Fsp3) is 0.360. The van der Waals surface area contributed by atoms with Gasteiger partial charge in [-0.2, -0.15) is 0 Å². The quantitative estimate of drug-likeness (QED) is 0.101. The van der Waals surface area contributed by atoms with Gasteiger partial charge < -0.3 is 24.1 Å². The van der Waals surface area contributed by atoms with Crippen LogP contribution in [0.1, 0.15) is 37.9 Å². The summed E-state index contributed by atoms with van der Waals surface area (Å²) in [6.45, 7) is 1.25. The SMILES string of the molecule is C#CCC(OO)c1ccc(O[C@H]2CC(OC(C)=O)C[C@@H](C(=O)OC)O2)c(N=O)c1.O=[N+]([O-])c1ccc(O)cc1.[Y]. The number of non-ortho nitro benzene ring substituents is 1. The Morgan fingerprint density at radius 2 is 1.93 bits per heavy atom. The van der Waals surface area contributed by atoms with Crippen molar-refractivity contribution in [2.24, 2.45) is 5.18 Å². The molecule has 2 unspecified atom stereocenters. The summed E-state index contributed by atoms with van der Waals surface area (Å²) in [7, 11) is 1.21. The molecule has 0 aliphatic carbocycles. The van der Waals surface area contributed by atoms with Crippen LogP contribution in [0.5, 0.6) is 11.5 Å². The monoisotopic (exact) mass is 635 g/mol. The molecule has 2 aromatic carbocycles. The fourth-order valence-electron chi connectivity index (χ4n) is 3.48. The first-order valence-electron chi connectivity index (χ1n) is 11.3. The second kappa shape index (κ2) is 17.3. The molecule has 4 atom stereocenters. The van der Waals surface area contributed by atoms with Crippen molar-refractivity contribution in [1.82, 2.24) is 0 Å². The zero-order valence-electron chi connectivity index (χ0n) is 21.5. The summed E-state index contributed by atoms with van der Waals surface area (Å²) < 4.78 is 21.1. The second-order valence-electron chi connectivity index (χ2n) is 7.99. The van der Waals surface area contributed by atoms with Crippen molar-refractivity contribution < 1.29 is 81.4 Å². The zero-order valence-corrected chi connectivity index (χ0v) is 24.3. The van der Waals surface area contributed by atoms with Crippen LogP contribution in [0, 0.1) is 27.4 Å². The number of terminal acetylenes is 1. The van der Waals surface area contributed by atoms with E-state index in [2.05, 4.69) is 20.7 Å². The number of methoxy groups -OCH3 is 1. The minimum Gasteiger partial charge on any atom is -0.508 e. The number of nitrogens with zero attached hydrogens (tertiary/aromatic N) is 2. The van der Waals surface area contributed by atoms with Crippen molar-refractivity contribution >= 4 is 23.3 Å². The molecule has 1 heterocycles. The number of ether oxygens (including phenoxy) is 4. The molecule has 0 saturated carbocycles. The third kappa shape index (κ3) is 10.6. The zero-order chi connectivity index (χ0) is 28.9. The maximum Gasteiger partial charge on any atom is 0.335 e. The fourth-order valence-corrected chi connectivity index (χ4v) is 3.48. The number of nitro groups is 1. The van der Waals surface area contributed by atoms with E-state index in [1.54, 1.807) is 0 Å². The van der Waals surface area contributed by atoms with Gasteiger partial charge in [0.25, 0.3) is 5.69 Å². The van der Waals surface area contributed by atoms with Gasteiger partial charge in [-0.25, -0.2) is 9.68 Å². The van der Waals surface area contributed by atoms with Gasteiger partial charge in [-0.3, -0.25) is 20.2 Å². The molecule has 0 aromatic heterocycles. The van der Waals surface area contributed by atoms with E-state index in [0.717, 1.165) is 0 Å². The standard InChI is InChI=1S/C19H21NO9.C6H5NO3.Y/c1-4-5-15(29-24)12-6-7-16(14(8-12)20-23)27-18-10-13(26-11(2)21)9-17(28-18)19(22)25-3;8-6-3-1-5(2-4-6)7(9)10;/h1,6-8,13,15,17-18,24H,5,9-10H2,2-3H3;1-4,8H;/t13?,15?,17-,18+;;/m0../s1. The number of carbonyl (C=O) groups is 2. The second-order valence-corrected chi connectivity index (χ2v) is 7.99. The Labute approximate surface area is 253 Å². The van der Waals surface area contributed by atoms with E-state index < -0.39 is 41.5 Å². The molecule has 3 rings (SSSR count). The summed E-state index contributed by atoms with van der Waals surface area (Å²) in [6, 6.07) is 9.36. The average Bonchev–Trinajstić information content (AvgIpc) is 2.91. The predicted molar refractivity (Wildman–Crippen MR) is 133 cm³/mol. The Kier molecular flexibility index (Phi) is 14.9. The summed E-state index contributed by atoms with van der Waals surface area (Å²) in [5.41, 5.74) is 0.314. The largest absolute Gasteiger partial charge is 0.508 e. The van der Waals surface area contributed by atoms with Crippen LogP contribution in [0.4, 0.5) is 11.4 Å². The number of phenols is 1. The molecule has 14 nitrogen and oxygen atoms in total. The number of phenolic OH excluding ortho intramolecular Hbond substituents is 1. The van der Waals surface area contributed by atoms with Crippen molar-refractivity contribution in [3.63, 3.8) is 0 Å². The van der Waals surface area contributed by atoms with Crippen LogP contribution >= 0.6 is 0 Å². The number of hydrogen-bond acceptors (Lipinski definition) is 13.